The monoisotopic (exact) mass is 353 g/mol. The van der Waals surface area contributed by atoms with Crippen LogP contribution in [0.5, 0.6) is 0 Å². The van der Waals surface area contributed by atoms with E-state index in [-0.39, 0.29) is 18.0 Å². The first kappa shape index (κ1) is 15.3. The number of hydrogen-bond donors (Lipinski definition) is 1. The second kappa shape index (κ2) is 6.03. The van der Waals surface area contributed by atoms with E-state index in [1.807, 2.05) is 6.07 Å². The second-order valence-corrected chi connectivity index (χ2v) is 5.90. The summed E-state index contributed by atoms with van der Waals surface area (Å²) >= 11 is 5.83. The van der Waals surface area contributed by atoms with E-state index in [1.54, 1.807) is 47.0 Å². The van der Waals surface area contributed by atoms with Gasteiger partial charge < -0.3 is 5.32 Å². The smallest absolute Gasteiger partial charge is 0.262 e. The van der Waals surface area contributed by atoms with E-state index < -0.39 is 0 Å². The molecule has 7 nitrogen and oxygen atoms in total. The van der Waals surface area contributed by atoms with Crippen LogP contribution >= 0.6 is 11.6 Å². The van der Waals surface area contributed by atoms with Gasteiger partial charge in [-0.15, -0.1) is 5.10 Å². The van der Waals surface area contributed by atoms with E-state index in [2.05, 4.69) is 15.6 Å². The van der Waals surface area contributed by atoms with Gasteiger partial charge in [-0.05, 0) is 36.4 Å². The third kappa shape index (κ3) is 2.74. The zero-order valence-corrected chi connectivity index (χ0v) is 13.6. The molecule has 2 aromatic heterocycles. The maximum atomic E-state index is 12.8. The predicted octanol–water partition coefficient (Wildman–Crippen LogP) is 2.34. The molecule has 1 amide bonds. The minimum Gasteiger partial charge on any atom is -0.325 e. The first-order chi connectivity index (χ1) is 12.1. The average molecular weight is 354 g/mol. The molecule has 0 aliphatic rings. The number of carbonyl (C=O) groups excluding carboxylic acids is 1. The third-order valence-corrected chi connectivity index (χ3v) is 4.10. The topological polar surface area (TPSA) is 81.3 Å². The summed E-state index contributed by atoms with van der Waals surface area (Å²) in [6, 6.07) is 13.8. The van der Waals surface area contributed by atoms with Crippen molar-refractivity contribution in [1.82, 2.24) is 19.4 Å². The molecule has 2 aromatic carbocycles. The highest BCUT2D eigenvalue weighted by Crippen LogP contribution is 2.14. The van der Waals surface area contributed by atoms with Gasteiger partial charge in [0.2, 0.25) is 5.91 Å². The van der Waals surface area contributed by atoms with Crippen molar-refractivity contribution in [2.75, 3.05) is 5.32 Å². The van der Waals surface area contributed by atoms with Crippen molar-refractivity contribution >= 4 is 39.7 Å². The molecule has 0 aliphatic heterocycles. The van der Waals surface area contributed by atoms with E-state index in [0.717, 1.165) is 0 Å². The summed E-state index contributed by atoms with van der Waals surface area (Å²) in [4.78, 5) is 25.1. The van der Waals surface area contributed by atoms with Crippen LogP contribution in [0.4, 0.5) is 5.69 Å². The summed E-state index contributed by atoms with van der Waals surface area (Å²) in [5.74, 6) is -0.331. The van der Waals surface area contributed by atoms with Gasteiger partial charge in [0, 0.05) is 10.7 Å². The van der Waals surface area contributed by atoms with E-state index in [1.165, 1.54) is 10.8 Å². The largest absolute Gasteiger partial charge is 0.325 e. The van der Waals surface area contributed by atoms with Crippen LogP contribution in [0.3, 0.4) is 0 Å². The Balaban J connectivity index is 1.74. The molecule has 4 aromatic rings. The van der Waals surface area contributed by atoms with E-state index >= 15 is 0 Å². The maximum absolute atomic E-state index is 12.8. The van der Waals surface area contributed by atoms with Crippen molar-refractivity contribution in [3.05, 3.63) is 70.1 Å². The molecule has 2 heterocycles. The molecule has 0 atom stereocenters. The van der Waals surface area contributed by atoms with Gasteiger partial charge >= 0.3 is 0 Å². The summed E-state index contributed by atoms with van der Waals surface area (Å²) in [6.07, 6.45) is 1.46. The normalized spacial score (nSPS) is 11.1. The molecule has 124 valence electrons. The number of rotatable bonds is 3. The lowest BCUT2D eigenvalue weighted by Gasteiger charge is -2.10. The summed E-state index contributed by atoms with van der Waals surface area (Å²) in [5, 5.41) is 11.7. The molecule has 25 heavy (non-hydrogen) atoms. The SMILES string of the molecule is O=C(Cn1c(=O)c2ccccc2n2nncc12)Nc1ccc(Cl)cc1. The van der Waals surface area contributed by atoms with Crippen LogP contribution in [0.2, 0.25) is 5.02 Å². The summed E-state index contributed by atoms with van der Waals surface area (Å²) < 4.78 is 2.90. The Hall–Kier alpha value is -3.19. The number of nitrogens with one attached hydrogen (secondary N) is 1. The summed E-state index contributed by atoms with van der Waals surface area (Å²) in [5.41, 5.74) is 1.44. The number of carbonyl (C=O) groups is 1. The molecule has 0 aliphatic carbocycles. The van der Waals surface area contributed by atoms with Gasteiger partial charge in [0.05, 0.1) is 17.1 Å². The predicted molar refractivity (Wildman–Crippen MR) is 94.8 cm³/mol. The molecular weight excluding hydrogens is 342 g/mol. The molecule has 0 saturated heterocycles. The fourth-order valence-electron chi connectivity index (χ4n) is 2.70. The van der Waals surface area contributed by atoms with Crippen LogP contribution in [0.1, 0.15) is 0 Å². The number of aromatic nitrogens is 4. The van der Waals surface area contributed by atoms with Crippen LogP contribution in [0, 0.1) is 0 Å². The molecule has 0 fully saturated rings. The quantitative estimate of drug-likeness (QED) is 0.613. The van der Waals surface area contributed by atoms with E-state index in [4.69, 9.17) is 11.6 Å². The number of para-hydroxylation sites is 1. The third-order valence-electron chi connectivity index (χ3n) is 3.85. The van der Waals surface area contributed by atoms with Gasteiger partial charge in [0.15, 0.2) is 5.65 Å². The Morgan fingerprint density at radius 1 is 1.12 bits per heavy atom. The molecule has 0 spiro atoms. The number of amides is 1. The highest BCUT2D eigenvalue weighted by Gasteiger charge is 2.14. The molecule has 0 saturated carbocycles. The lowest BCUT2D eigenvalue weighted by atomic mass is 10.2. The van der Waals surface area contributed by atoms with Gasteiger partial charge in [0.25, 0.3) is 5.56 Å². The molecule has 4 rings (SSSR count). The Morgan fingerprint density at radius 3 is 2.68 bits per heavy atom. The van der Waals surface area contributed by atoms with Gasteiger partial charge in [-0.25, -0.2) is 0 Å². The van der Waals surface area contributed by atoms with Crippen LogP contribution < -0.4 is 10.9 Å². The Bertz CT molecular complexity index is 1150. The van der Waals surface area contributed by atoms with Gasteiger partial charge in [-0.1, -0.05) is 28.9 Å². The van der Waals surface area contributed by atoms with Crippen LogP contribution in [-0.4, -0.2) is 25.3 Å². The maximum Gasteiger partial charge on any atom is 0.262 e. The van der Waals surface area contributed by atoms with E-state index in [9.17, 15) is 9.59 Å². The summed E-state index contributed by atoms with van der Waals surface area (Å²) in [7, 11) is 0. The molecule has 0 unspecified atom stereocenters. The first-order valence-corrected chi connectivity index (χ1v) is 7.88. The Labute approximate surface area is 146 Å². The number of hydrogen-bond acceptors (Lipinski definition) is 4. The van der Waals surface area contributed by atoms with Crippen molar-refractivity contribution in [2.24, 2.45) is 0 Å². The van der Waals surface area contributed by atoms with Crippen molar-refractivity contribution < 1.29 is 4.79 Å². The van der Waals surface area contributed by atoms with Crippen molar-refractivity contribution in [1.29, 1.82) is 0 Å². The highest BCUT2D eigenvalue weighted by atomic mass is 35.5. The Kier molecular flexibility index (Phi) is 3.70. The number of halogens is 1. The minimum absolute atomic E-state index is 0.150. The summed E-state index contributed by atoms with van der Waals surface area (Å²) in [6.45, 7) is -0.150. The number of anilines is 1. The van der Waals surface area contributed by atoms with Crippen LogP contribution in [0.15, 0.2) is 59.5 Å². The van der Waals surface area contributed by atoms with Crippen LogP contribution in [0.25, 0.3) is 16.6 Å². The molecule has 8 heteroatoms. The van der Waals surface area contributed by atoms with Gasteiger partial charge in [-0.2, -0.15) is 4.52 Å². The van der Waals surface area contributed by atoms with Crippen molar-refractivity contribution in [3.63, 3.8) is 0 Å². The first-order valence-electron chi connectivity index (χ1n) is 7.51. The lowest BCUT2D eigenvalue weighted by molar-refractivity contribution is -0.116. The number of nitrogens with zero attached hydrogens (tertiary/aromatic N) is 4. The second-order valence-electron chi connectivity index (χ2n) is 5.47. The van der Waals surface area contributed by atoms with Crippen molar-refractivity contribution in [2.45, 2.75) is 6.54 Å². The average Bonchev–Trinajstić information content (AvgIpc) is 3.10. The van der Waals surface area contributed by atoms with Crippen molar-refractivity contribution in [3.8, 4) is 0 Å². The molecule has 0 bridgehead atoms. The fourth-order valence-corrected chi connectivity index (χ4v) is 2.83. The minimum atomic E-state index is -0.331. The van der Waals surface area contributed by atoms with Gasteiger partial charge in [-0.3, -0.25) is 14.2 Å². The van der Waals surface area contributed by atoms with E-state index in [0.29, 0.717) is 27.3 Å². The standard InChI is InChI=1S/C17H12ClN5O2/c18-11-5-7-12(8-6-11)20-15(24)10-22-16-9-19-21-23(16)14-4-2-1-3-13(14)17(22)25/h1-9H,10H2,(H,20,24). The zero-order valence-electron chi connectivity index (χ0n) is 12.9. The lowest BCUT2D eigenvalue weighted by Crippen LogP contribution is -2.29. The van der Waals surface area contributed by atoms with Crippen LogP contribution in [-0.2, 0) is 11.3 Å². The van der Waals surface area contributed by atoms with Gasteiger partial charge in [0.1, 0.15) is 6.54 Å². The molecule has 1 N–H and O–H groups in total. The number of fused-ring (bicyclic) bond motifs is 3. The zero-order chi connectivity index (χ0) is 17.4. The Morgan fingerprint density at radius 2 is 1.88 bits per heavy atom. The molecule has 0 radical (unpaired) electrons. The number of benzene rings is 2. The molecular formula is C17H12ClN5O2. The highest BCUT2D eigenvalue weighted by molar-refractivity contribution is 6.30. The fraction of sp³-hybridized carbons (Fsp3) is 0.0588.